The van der Waals surface area contributed by atoms with E-state index in [1.807, 2.05) is 0 Å². The second kappa shape index (κ2) is 8.46. The van der Waals surface area contributed by atoms with Gasteiger partial charge in [-0.3, -0.25) is 0 Å². The van der Waals surface area contributed by atoms with Crippen LogP contribution in [0.25, 0.3) is 0 Å². The summed E-state index contributed by atoms with van der Waals surface area (Å²) in [7, 11) is 0.281. The van der Waals surface area contributed by atoms with Crippen LogP contribution < -0.4 is 0 Å². The Morgan fingerprint density at radius 2 is 1.60 bits per heavy atom. The van der Waals surface area contributed by atoms with Crippen LogP contribution in [0.4, 0.5) is 0 Å². The SMILES string of the molecule is CCCCCC[Si](C)(C)O[Si](OC)OC. The third kappa shape index (κ3) is 8.16. The van der Waals surface area contributed by atoms with E-state index in [-0.39, 0.29) is 0 Å². The summed E-state index contributed by atoms with van der Waals surface area (Å²) in [5, 5.41) is 0. The molecule has 0 aromatic heterocycles. The van der Waals surface area contributed by atoms with Crippen molar-refractivity contribution in [3.05, 3.63) is 0 Å². The van der Waals surface area contributed by atoms with Gasteiger partial charge in [-0.25, -0.2) is 0 Å². The van der Waals surface area contributed by atoms with Crippen LogP contribution in [0.1, 0.15) is 32.6 Å². The summed E-state index contributed by atoms with van der Waals surface area (Å²) >= 11 is 0. The summed E-state index contributed by atoms with van der Waals surface area (Å²) in [6, 6.07) is 1.20. The second-order valence-electron chi connectivity index (χ2n) is 4.33. The fourth-order valence-corrected chi connectivity index (χ4v) is 5.57. The Morgan fingerprint density at radius 3 is 2.07 bits per heavy atom. The van der Waals surface area contributed by atoms with E-state index in [9.17, 15) is 0 Å². The first-order chi connectivity index (χ1) is 7.05. The summed E-state index contributed by atoms with van der Waals surface area (Å²) in [5.41, 5.74) is 0. The molecule has 0 aliphatic rings. The number of hydrogen-bond acceptors (Lipinski definition) is 3. The van der Waals surface area contributed by atoms with Crippen molar-refractivity contribution in [3.8, 4) is 0 Å². The fraction of sp³-hybridized carbons (Fsp3) is 1.00. The molecule has 0 aromatic rings. The summed E-state index contributed by atoms with van der Waals surface area (Å²) < 4.78 is 16.2. The fourth-order valence-electron chi connectivity index (χ4n) is 1.42. The van der Waals surface area contributed by atoms with Gasteiger partial charge in [-0.05, 0) is 19.1 Å². The molecule has 0 saturated carbocycles. The first kappa shape index (κ1) is 15.3. The average molecular weight is 249 g/mol. The quantitative estimate of drug-likeness (QED) is 0.464. The molecule has 0 rings (SSSR count). The normalized spacial score (nSPS) is 12.4. The van der Waals surface area contributed by atoms with Gasteiger partial charge in [0, 0.05) is 14.2 Å². The predicted molar refractivity (Wildman–Crippen MR) is 67.3 cm³/mol. The maximum absolute atomic E-state index is 5.91. The van der Waals surface area contributed by atoms with E-state index in [0.29, 0.717) is 0 Å². The van der Waals surface area contributed by atoms with Crippen molar-refractivity contribution >= 4 is 17.8 Å². The van der Waals surface area contributed by atoms with E-state index in [4.69, 9.17) is 13.0 Å². The molecule has 0 fully saturated rings. The molecule has 1 radical (unpaired) electrons. The lowest BCUT2D eigenvalue weighted by atomic mass is 10.2. The Labute approximate surface area is 97.2 Å². The van der Waals surface area contributed by atoms with Crippen molar-refractivity contribution in [2.75, 3.05) is 14.2 Å². The summed E-state index contributed by atoms with van der Waals surface area (Å²) in [6.07, 6.45) is 5.21. The monoisotopic (exact) mass is 249 g/mol. The van der Waals surface area contributed by atoms with E-state index in [2.05, 4.69) is 20.0 Å². The van der Waals surface area contributed by atoms with Crippen LogP contribution >= 0.6 is 0 Å². The van der Waals surface area contributed by atoms with E-state index < -0.39 is 17.8 Å². The largest absolute Gasteiger partial charge is 0.565 e. The Morgan fingerprint density at radius 1 is 1.00 bits per heavy atom. The maximum atomic E-state index is 5.91. The Kier molecular flexibility index (Phi) is 8.64. The van der Waals surface area contributed by atoms with Gasteiger partial charge in [0.05, 0.1) is 0 Å². The molecule has 0 amide bonds. The van der Waals surface area contributed by atoms with Gasteiger partial charge in [-0.2, -0.15) is 0 Å². The molecule has 0 unspecified atom stereocenters. The van der Waals surface area contributed by atoms with E-state index in [1.54, 1.807) is 14.2 Å². The minimum atomic E-state index is -1.56. The summed E-state index contributed by atoms with van der Waals surface area (Å²) in [6.45, 7) is 6.71. The molecule has 15 heavy (non-hydrogen) atoms. The van der Waals surface area contributed by atoms with Gasteiger partial charge >= 0.3 is 9.53 Å². The molecule has 3 nitrogen and oxygen atoms in total. The van der Waals surface area contributed by atoms with Crippen LogP contribution in [0.2, 0.25) is 19.1 Å². The maximum Gasteiger partial charge on any atom is 0.565 e. The highest BCUT2D eigenvalue weighted by molar-refractivity contribution is 6.76. The van der Waals surface area contributed by atoms with E-state index in [1.165, 1.54) is 31.7 Å². The van der Waals surface area contributed by atoms with Gasteiger partial charge in [-0.15, -0.1) is 0 Å². The molecule has 0 aromatic carbocycles. The van der Waals surface area contributed by atoms with E-state index in [0.717, 1.165) is 0 Å². The third-order valence-corrected chi connectivity index (χ3v) is 7.43. The van der Waals surface area contributed by atoms with Gasteiger partial charge in [-0.1, -0.05) is 32.6 Å². The van der Waals surface area contributed by atoms with Gasteiger partial charge < -0.3 is 13.0 Å². The first-order valence-electron chi connectivity index (χ1n) is 5.69. The van der Waals surface area contributed by atoms with Crippen molar-refractivity contribution < 1.29 is 13.0 Å². The average Bonchev–Trinajstić information content (AvgIpc) is 2.21. The molecule has 0 spiro atoms. The number of unbranched alkanes of at least 4 members (excludes halogenated alkanes) is 3. The predicted octanol–water partition coefficient (Wildman–Crippen LogP) is 3.07. The molecule has 0 N–H and O–H groups in total. The molecule has 0 bridgehead atoms. The van der Waals surface area contributed by atoms with Gasteiger partial charge in [0.25, 0.3) is 0 Å². The van der Waals surface area contributed by atoms with E-state index >= 15 is 0 Å². The second-order valence-corrected chi connectivity index (χ2v) is 10.5. The highest BCUT2D eigenvalue weighted by Gasteiger charge is 2.29. The standard InChI is InChI=1S/C10H25O3Si2/c1-6-7-8-9-10-15(4,5)13-14(11-2)12-3/h6-10H2,1-5H3. The summed E-state index contributed by atoms with van der Waals surface area (Å²) in [4.78, 5) is 0. The van der Waals surface area contributed by atoms with Crippen LogP contribution in [0.15, 0.2) is 0 Å². The van der Waals surface area contributed by atoms with Crippen LogP contribution in [0, 0.1) is 0 Å². The first-order valence-corrected chi connectivity index (χ1v) is 10.0. The van der Waals surface area contributed by atoms with Gasteiger partial charge in [0.1, 0.15) is 0 Å². The van der Waals surface area contributed by atoms with Crippen molar-refractivity contribution in [1.82, 2.24) is 0 Å². The highest BCUT2D eigenvalue weighted by Crippen LogP contribution is 2.17. The minimum absolute atomic E-state index is 1.20. The highest BCUT2D eigenvalue weighted by atomic mass is 28.4. The number of rotatable bonds is 9. The van der Waals surface area contributed by atoms with Crippen molar-refractivity contribution in [2.24, 2.45) is 0 Å². The third-order valence-electron chi connectivity index (χ3n) is 2.33. The zero-order valence-corrected chi connectivity index (χ0v) is 12.8. The van der Waals surface area contributed by atoms with Crippen LogP contribution in [-0.4, -0.2) is 32.1 Å². The molecule has 91 valence electrons. The van der Waals surface area contributed by atoms with Crippen LogP contribution in [-0.2, 0) is 13.0 Å². The Bertz CT molecular complexity index is 150. The Hall–Kier alpha value is 0.314. The van der Waals surface area contributed by atoms with Gasteiger partial charge in [0.15, 0.2) is 8.32 Å². The molecule has 0 saturated heterocycles. The smallest absolute Gasteiger partial charge is 0.413 e. The lowest BCUT2D eigenvalue weighted by Crippen LogP contribution is -2.40. The lowest BCUT2D eigenvalue weighted by Gasteiger charge is -2.25. The number of hydrogen-bond donors (Lipinski definition) is 0. The zero-order chi connectivity index (χ0) is 11.7. The topological polar surface area (TPSA) is 27.7 Å². The van der Waals surface area contributed by atoms with Crippen LogP contribution in [0.3, 0.4) is 0 Å². The molecule has 0 heterocycles. The van der Waals surface area contributed by atoms with Crippen molar-refractivity contribution in [3.63, 3.8) is 0 Å². The minimum Gasteiger partial charge on any atom is -0.413 e. The molecular weight excluding hydrogens is 224 g/mol. The molecular formula is C10H25O3Si2. The van der Waals surface area contributed by atoms with Gasteiger partial charge in [0.2, 0.25) is 0 Å². The molecule has 0 aliphatic heterocycles. The molecule has 0 atom stereocenters. The Balaban J connectivity index is 3.74. The van der Waals surface area contributed by atoms with Crippen molar-refractivity contribution in [1.29, 1.82) is 0 Å². The zero-order valence-electron chi connectivity index (χ0n) is 10.8. The van der Waals surface area contributed by atoms with Crippen molar-refractivity contribution in [2.45, 2.75) is 51.7 Å². The lowest BCUT2D eigenvalue weighted by molar-refractivity contribution is 0.198. The molecule has 5 heteroatoms. The summed E-state index contributed by atoms with van der Waals surface area (Å²) in [5.74, 6) is 0. The molecule has 0 aliphatic carbocycles. The van der Waals surface area contributed by atoms with Crippen LogP contribution in [0.5, 0.6) is 0 Å².